The molecular formula is C18H22N2O3S. The minimum Gasteiger partial charge on any atom is -0.380 e. The van der Waals surface area contributed by atoms with Gasteiger partial charge in [-0.05, 0) is 55.3 Å². The van der Waals surface area contributed by atoms with E-state index in [1.54, 1.807) is 37.4 Å². The predicted molar refractivity (Wildman–Crippen MR) is 96.1 cm³/mol. The van der Waals surface area contributed by atoms with Crippen LogP contribution in [0.3, 0.4) is 0 Å². The second-order valence-electron chi connectivity index (χ2n) is 6.06. The Morgan fingerprint density at radius 3 is 2.54 bits per heavy atom. The van der Waals surface area contributed by atoms with E-state index < -0.39 is 10.0 Å². The van der Waals surface area contributed by atoms with Crippen molar-refractivity contribution in [2.75, 3.05) is 29.8 Å². The standard InChI is InChI=1S/C18H22N2O3S/c1-14-4-3-5-18(12-14)24(21,22)19-15-6-8-16(9-7-15)20-11-10-17(13-20)23-2/h3-9,12,17,19H,10-11,13H2,1-2H3/t17-/m0/s1. The molecule has 0 radical (unpaired) electrons. The van der Waals surface area contributed by atoms with Crippen molar-refractivity contribution in [2.24, 2.45) is 0 Å². The Morgan fingerprint density at radius 1 is 1.17 bits per heavy atom. The normalized spacial score (nSPS) is 17.9. The van der Waals surface area contributed by atoms with Crippen LogP contribution in [0.2, 0.25) is 0 Å². The van der Waals surface area contributed by atoms with E-state index in [1.165, 1.54) is 0 Å². The molecule has 0 unspecified atom stereocenters. The van der Waals surface area contributed by atoms with Crippen molar-refractivity contribution in [1.82, 2.24) is 0 Å². The summed E-state index contributed by atoms with van der Waals surface area (Å²) in [4.78, 5) is 2.52. The lowest BCUT2D eigenvalue weighted by molar-refractivity contribution is 0.121. The molecule has 1 atom stereocenters. The van der Waals surface area contributed by atoms with Crippen LogP contribution in [0.5, 0.6) is 0 Å². The number of rotatable bonds is 5. The summed E-state index contributed by atoms with van der Waals surface area (Å²) in [6, 6.07) is 14.3. The molecule has 0 bridgehead atoms. The second kappa shape index (κ2) is 6.83. The van der Waals surface area contributed by atoms with Crippen molar-refractivity contribution in [1.29, 1.82) is 0 Å². The van der Waals surface area contributed by atoms with Gasteiger partial charge in [0, 0.05) is 31.6 Å². The van der Waals surface area contributed by atoms with E-state index >= 15 is 0 Å². The van der Waals surface area contributed by atoms with Crippen LogP contribution in [0, 0.1) is 6.92 Å². The summed E-state index contributed by atoms with van der Waals surface area (Å²) in [6.07, 6.45) is 1.28. The van der Waals surface area contributed by atoms with Gasteiger partial charge in [0.2, 0.25) is 0 Å². The molecule has 1 saturated heterocycles. The van der Waals surface area contributed by atoms with Crippen molar-refractivity contribution < 1.29 is 13.2 Å². The fourth-order valence-corrected chi connectivity index (χ4v) is 4.05. The van der Waals surface area contributed by atoms with Crippen LogP contribution in [-0.4, -0.2) is 34.7 Å². The molecule has 1 aliphatic rings. The summed E-state index contributed by atoms with van der Waals surface area (Å²) in [5.41, 5.74) is 2.55. The van der Waals surface area contributed by atoms with E-state index in [-0.39, 0.29) is 11.0 Å². The molecule has 1 N–H and O–H groups in total. The van der Waals surface area contributed by atoms with Gasteiger partial charge in [-0.3, -0.25) is 4.72 Å². The largest absolute Gasteiger partial charge is 0.380 e. The molecule has 2 aromatic rings. The first kappa shape index (κ1) is 16.8. The quantitative estimate of drug-likeness (QED) is 0.904. The van der Waals surface area contributed by atoms with E-state index in [9.17, 15) is 8.42 Å². The van der Waals surface area contributed by atoms with Gasteiger partial charge in [-0.15, -0.1) is 0 Å². The number of methoxy groups -OCH3 is 1. The van der Waals surface area contributed by atoms with E-state index in [0.717, 1.165) is 30.8 Å². The average molecular weight is 346 g/mol. The van der Waals surface area contributed by atoms with E-state index in [2.05, 4.69) is 9.62 Å². The average Bonchev–Trinajstić information content (AvgIpc) is 3.04. The van der Waals surface area contributed by atoms with Crippen LogP contribution < -0.4 is 9.62 Å². The highest BCUT2D eigenvalue weighted by Crippen LogP contribution is 2.24. The Hall–Kier alpha value is -2.05. The molecule has 0 aromatic heterocycles. The van der Waals surface area contributed by atoms with E-state index in [0.29, 0.717) is 5.69 Å². The first-order valence-electron chi connectivity index (χ1n) is 7.95. The van der Waals surface area contributed by atoms with Crippen LogP contribution in [0.25, 0.3) is 0 Å². The summed E-state index contributed by atoms with van der Waals surface area (Å²) in [6.45, 7) is 3.69. The van der Waals surface area contributed by atoms with Gasteiger partial charge in [-0.2, -0.15) is 0 Å². The number of ether oxygens (including phenoxy) is 1. The SMILES string of the molecule is CO[C@H]1CCN(c2ccc(NS(=O)(=O)c3cccc(C)c3)cc2)C1. The van der Waals surface area contributed by atoms with Gasteiger partial charge in [-0.1, -0.05) is 12.1 Å². The first-order valence-corrected chi connectivity index (χ1v) is 9.43. The maximum absolute atomic E-state index is 12.4. The van der Waals surface area contributed by atoms with Crippen molar-refractivity contribution in [2.45, 2.75) is 24.3 Å². The highest BCUT2D eigenvalue weighted by Gasteiger charge is 2.22. The van der Waals surface area contributed by atoms with Crippen LogP contribution in [-0.2, 0) is 14.8 Å². The van der Waals surface area contributed by atoms with Gasteiger partial charge < -0.3 is 9.64 Å². The second-order valence-corrected chi connectivity index (χ2v) is 7.74. The zero-order valence-corrected chi connectivity index (χ0v) is 14.7. The minimum absolute atomic E-state index is 0.268. The van der Waals surface area contributed by atoms with Gasteiger partial charge in [0.05, 0.1) is 11.0 Å². The molecule has 2 aromatic carbocycles. The van der Waals surface area contributed by atoms with Crippen LogP contribution >= 0.6 is 0 Å². The highest BCUT2D eigenvalue weighted by molar-refractivity contribution is 7.92. The van der Waals surface area contributed by atoms with E-state index in [4.69, 9.17) is 4.74 Å². The van der Waals surface area contributed by atoms with Gasteiger partial charge >= 0.3 is 0 Å². The summed E-state index contributed by atoms with van der Waals surface area (Å²) < 4.78 is 32.9. The molecule has 0 saturated carbocycles. The monoisotopic (exact) mass is 346 g/mol. The molecule has 1 aliphatic heterocycles. The van der Waals surface area contributed by atoms with Crippen molar-refractivity contribution in [3.05, 3.63) is 54.1 Å². The summed E-state index contributed by atoms with van der Waals surface area (Å²) >= 11 is 0. The molecule has 0 amide bonds. The number of hydrogen-bond donors (Lipinski definition) is 1. The highest BCUT2D eigenvalue weighted by atomic mass is 32.2. The minimum atomic E-state index is -3.56. The zero-order valence-electron chi connectivity index (χ0n) is 13.9. The Bertz CT molecular complexity index is 803. The lowest BCUT2D eigenvalue weighted by Gasteiger charge is -2.19. The molecule has 1 fully saturated rings. The maximum Gasteiger partial charge on any atom is 0.261 e. The lowest BCUT2D eigenvalue weighted by Crippen LogP contribution is -2.22. The Balaban J connectivity index is 1.72. The molecule has 0 spiro atoms. The Morgan fingerprint density at radius 2 is 1.92 bits per heavy atom. The number of anilines is 2. The summed E-state index contributed by atoms with van der Waals surface area (Å²) in [5, 5.41) is 0. The Kier molecular flexibility index (Phi) is 4.78. The third kappa shape index (κ3) is 3.71. The first-order chi connectivity index (χ1) is 11.5. The van der Waals surface area contributed by atoms with Gasteiger partial charge in [0.1, 0.15) is 0 Å². The fourth-order valence-electron chi connectivity index (χ4n) is 2.89. The lowest BCUT2D eigenvalue weighted by atomic mass is 10.2. The summed E-state index contributed by atoms with van der Waals surface area (Å²) in [7, 11) is -1.83. The molecule has 24 heavy (non-hydrogen) atoms. The molecule has 0 aliphatic carbocycles. The predicted octanol–water partition coefficient (Wildman–Crippen LogP) is 3.02. The number of nitrogens with zero attached hydrogens (tertiary/aromatic N) is 1. The van der Waals surface area contributed by atoms with Crippen LogP contribution in [0.15, 0.2) is 53.4 Å². The summed E-state index contributed by atoms with van der Waals surface area (Å²) in [5.74, 6) is 0. The molecular weight excluding hydrogens is 324 g/mol. The number of benzene rings is 2. The maximum atomic E-state index is 12.4. The van der Waals surface area contributed by atoms with Gasteiger partial charge in [0.25, 0.3) is 10.0 Å². The molecule has 3 rings (SSSR count). The molecule has 6 heteroatoms. The zero-order chi connectivity index (χ0) is 17.2. The number of hydrogen-bond acceptors (Lipinski definition) is 4. The third-order valence-corrected chi connectivity index (χ3v) is 5.64. The van der Waals surface area contributed by atoms with Crippen LogP contribution in [0.1, 0.15) is 12.0 Å². The van der Waals surface area contributed by atoms with E-state index in [1.807, 2.05) is 25.1 Å². The fraction of sp³-hybridized carbons (Fsp3) is 0.333. The third-order valence-electron chi connectivity index (χ3n) is 4.26. The van der Waals surface area contributed by atoms with Crippen molar-refractivity contribution >= 4 is 21.4 Å². The van der Waals surface area contributed by atoms with Crippen LogP contribution in [0.4, 0.5) is 11.4 Å². The van der Waals surface area contributed by atoms with Gasteiger partial charge in [0.15, 0.2) is 0 Å². The number of nitrogens with one attached hydrogen (secondary N) is 1. The topological polar surface area (TPSA) is 58.6 Å². The molecule has 5 nitrogen and oxygen atoms in total. The van der Waals surface area contributed by atoms with Crippen molar-refractivity contribution in [3.63, 3.8) is 0 Å². The van der Waals surface area contributed by atoms with Crippen molar-refractivity contribution in [3.8, 4) is 0 Å². The number of aryl methyl sites for hydroxylation is 1. The number of sulfonamides is 1. The smallest absolute Gasteiger partial charge is 0.261 e. The molecule has 1 heterocycles. The van der Waals surface area contributed by atoms with Gasteiger partial charge in [-0.25, -0.2) is 8.42 Å². The Labute approximate surface area is 143 Å². The molecule has 128 valence electrons.